The summed E-state index contributed by atoms with van der Waals surface area (Å²) < 4.78 is 10.5. The van der Waals surface area contributed by atoms with Crippen LogP contribution in [0.1, 0.15) is 12.5 Å². The number of carbonyl (C=O) groups excluding carboxylic acids is 1. The molecule has 1 aliphatic heterocycles. The number of benzene rings is 1. The minimum atomic E-state index is -0.731. The highest BCUT2D eigenvalue weighted by Gasteiger charge is 2.30. The summed E-state index contributed by atoms with van der Waals surface area (Å²) in [4.78, 5) is 16.4. The Labute approximate surface area is 143 Å². The first-order valence-electron chi connectivity index (χ1n) is 7.49. The summed E-state index contributed by atoms with van der Waals surface area (Å²) in [6.07, 6.45) is -0.731. The van der Waals surface area contributed by atoms with Gasteiger partial charge in [0, 0.05) is 17.8 Å². The first-order valence-corrected chi connectivity index (χ1v) is 7.49. The minimum absolute atomic E-state index is 0.0310. The zero-order chi connectivity index (χ0) is 17.9. The third-order valence-electron chi connectivity index (χ3n) is 3.58. The van der Waals surface area contributed by atoms with Crippen molar-refractivity contribution in [3.8, 4) is 11.8 Å². The lowest BCUT2D eigenvalue weighted by molar-refractivity contribution is 0.106. The van der Waals surface area contributed by atoms with Crippen molar-refractivity contribution >= 4 is 17.6 Å². The fourth-order valence-corrected chi connectivity index (χ4v) is 2.42. The number of amidine groups is 1. The van der Waals surface area contributed by atoms with Crippen LogP contribution in [0.2, 0.25) is 0 Å². The largest absolute Gasteiger partial charge is 0.492 e. The van der Waals surface area contributed by atoms with Gasteiger partial charge in [-0.2, -0.15) is 0 Å². The van der Waals surface area contributed by atoms with Gasteiger partial charge in [-0.3, -0.25) is 10.3 Å². The Kier molecular flexibility index (Phi) is 4.48. The van der Waals surface area contributed by atoms with E-state index in [9.17, 15) is 4.79 Å². The molecular formula is C16H17N5O4. The number of hydrogen-bond donors (Lipinski definition) is 3. The van der Waals surface area contributed by atoms with Gasteiger partial charge in [-0.05, 0) is 24.6 Å². The van der Waals surface area contributed by atoms with Crippen LogP contribution in [0.25, 0.3) is 0 Å². The van der Waals surface area contributed by atoms with Crippen LogP contribution in [0.3, 0.4) is 0 Å². The van der Waals surface area contributed by atoms with Crippen LogP contribution in [0.15, 0.2) is 41.4 Å². The molecule has 130 valence electrons. The van der Waals surface area contributed by atoms with Gasteiger partial charge < -0.3 is 20.3 Å². The van der Waals surface area contributed by atoms with Crippen molar-refractivity contribution in [1.82, 2.24) is 10.2 Å². The average Bonchev–Trinajstić information content (AvgIpc) is 2.57. The van der Waals surface area contributed by atoms with E-state index < -0.39 is 11.6 Å². The van der Waals surface area contributed by atoms with Gasteiger partial charge in [-0.15, -0.1) is 10.2 Å². The van der Waals surface area contributed by atoms with Crippen LogP contribution in [-0.2, 0) is 10.3 Å². The summed E-state index contributed by atoms with van der Waals surface area (Å²) in [5, 5.41) is 18.6. The number of nitrogens with zero attached hydrogens (tertiary/aromatic N) is 3. The summed E-state index contributed by atoms with van der Waals surface area (Å²) in [5.74, 6) is 0.136. The topological polar surface area (TPSA) is 132 Å². The Hall–Kier alpha value is -3.20. The summed E-state index contributed by atoms with van der Waals surface area (Å²) in [7, 11) is 0. The molecule has 9 heteroatoms. The van der Waals surface area contributed by atoms with Crippen LogP contribution >= 0.6 is 0 Å². The predicted molar refractivity (Wildman–Crippen MR) is 89.6 cm³/mol. The molecule has 4 N–H and O–H groups in total. The van der Waals surface area contributed by atoms with Crippen molar-refractivity contribution in [3.05, 3.63) is 42.0 Å². The monoisotopic (exact) mass is 343 g/mol. The summed E-state index contributed by atoms with van der Waals surface area (Å²) >= 11 is 0. The van der Waals surface area contributed by atoms with Crippen LogP contribution in [0.4, 0.5) is 10.5 Å². The number of ether oxygens (including phenoxy) is 2. The van der Waals surface area contributed by atoms with Gasteiger partial charge in [0.15, 0.2) is 0 Å². The molecule has 0 saturated heterocycles. The molecule has 25 heavy (non-hydrogen) atoms. The molecule has 1 aromatic heterocycles. The Morgan fingerprint density at radius 1 is 1.36 bits per heavy atom. The summed E-state index contributed by atoms with van der Waals surface area (Å²) in [6, 6.07) is 9.76. The quantitative estimate of drug-likeness (QED) is 0.767. The number of aromatic hydroxyl groups is 1. The highest BCUT2D eigenvalue weighted by atomic mass is 16.6. The molecule has 1 unspecified atom stereocenters. The van der Waals surface area contributed by atoms with E-state index in [1.165, 1.54) is 12.1 Å². The highest BCUT2D eigenvalue weighted by molar-refractivity contribution is 5.86. The number of aliphatic imine (C=N–C) groups is 1. The molecule has 0 radical (unpaired) electrons. The number of anilines is 1. The maximum Gasteiger partial charge on any atom is 0.418 e. The summed E-state index contributed by atoms with van der Waals surface area (Å²) in [5.41, 5.74) is 6.52. The fourth-order valence-electron chi connectivity index (χ4n) is 2.42. The lowest BCUT2D eigenvalue weighted by Crippen LogP contribution is -2.37. The second-order valence-electron chi connectivity index (χ2n) is 5.69. The van der Waals surface area contributed by atoms with E-state index in [2.05, 4.69) is 20.5 Å². The number of nitrogens with one attached hydrogen (secondary N) is 1. The molecule has 2 heterocycles. The summed E-state index contributed by atoms with van der Waals surface area (Å²) in [6.45, 7) is 2.61. The molecule has 3 rings (SSSR count). The van der Waals surface area contributed by atoms with Gasteiger partial charge in [-0.1, -0.05) is 12.1 Å². The van der Waals surface area contributed by atoms with E-state index in [0.29, 0.717) is 24.7 Å². The molecule has 1 amide bonds. The standard InChI is InChI=1S/C16H17N5O4/c1-16(9-24-8-12(17)19-16)10-3-2-4-11(7-10)18-15(23)25-14-6-5-13(22)20-21-14/h2-7H,8-9H2,1H3,(H2,17,19)(H,18,23)(H,20,22). The van der Waals surface area contributed by atoms with Crippen molar-refractivity contribution in [1.29, 1.82) is 0 Å². The zero-order valence-corrected chi connectivity index (χ0v) is 13.5. The van der Waals surface area contributed by atoms with Crippen LogP contribution in [0, 0.1) is 0 Å². The van der Waals surface area contributed by atoms with Gasteiger partial charge in [0.2, 0.25) is 11.8 Å². The number of amides is 1. The van der Waals surface area contributed by atoms with E-state index >= 15 is 0 Å². The van der Waals surface area contributed by atoms with E-state index in [1.54, 1.807) is 18.2 Å². The zero-order valence-electron chi connectivity index (χ0n) is 13.5. The molecule has 1 aliphatic rings. The molecule has 0 spiro atoms. The van der Waals surface area contributed by atoms with Gasteiger partial charge in [0.05, 0.1) is 6.61 Å². The molecule has 0 saturated carbocycles. The molecule has 1 aromatic carbocycles. The Morgan fingerprint density at radius 2 is 2.20 bits per heavy atom. The molecule has 0 aliphatic carbocycles. The van der Waals surface area contributed by atoms with E-state index in [1.807, 2.05) is 13.0 Å². The van der Waals surface area contributed by atoms with Crippen LogP contribution < -0.4 is 15.8 Å². The van der Waals surface area contributed by atoms with Gasteiger partial charge in [-0.25, -0.2) is 4.79 Å². The Bertz CT molecular complexity index is 808. The maximum absolute atomic E-state index is 12.0. The minimum Gasteiger partial charge on any atom is -0.492 e. The van der Waals surface area contributed by atoms with Crippen LogP contribution in [-0.4, -0.2) is 40.4 Å². The molecule has 1 atom stereocenters. The number of carbonyl (C=O) groups is 1. The molecule has 0 fully saturated rings. The predicted octanol–water partition coefficient (Wildman–Crippen LogP) is 1.40. The normalized spacial score (nSPS) is 19.8. The Balaban J connectivity index is 1.72. The van der Waals surface area contributed by atoms with E-state index in [0.717, 1.165) is 5.56 Å². The van der Waals surface area contributed by atoms with Gasteiger partial charge >= 0.3 is 6.09 Å². The molecule has 9 nitrogen and oxygen atoms in total. The highest BCUT2D eigenvalue weighted by Crippen LogP contribution is 2.29. The first-order chi connectivity index (χ1) is 11.9. The number of nitrogens with two attached hydrogens (primary N) is 1. The molecular weight excluding hydrogens is 326 g/mol. The fraction of sp³-hybridized carbons (Fsp3) is 0.250. The van der Waals surface area contributed by atoms with Crippen molar-refractivity contribution in [2.75, 3.05) is 18.5 Å². The van der Waals surface area contributed by atoms with Crippen molar-refractivity contribution in [3.63, 3.8) is 0 Å². The van der Waals surface area contributed by atoms with Gasteiger partial charge in [0.1, 0.15) is 18.0 Å². The number of aromatic nitrogens is 2. The smallest absolute Gasteiger partial charge is 0.418 e. The van der Waals surface area contributed by atoms with Crippen molar-refractivity contribution in [2.24, 2.45) is 10.7 Å². The lowest BCUT2D eigenvalue weighted by atomic mass is 9.92. The SMILES string of the molecule is CC1(c2cccc(NC(=O)Oc3ccc(O)nn3)c2)COCC(N)=N1. The second kappa shape index (κ2) is 6.73. The van der Waals surface area contributed by atoms with E-state index in [4.69, 9.17) is 20.3 Å². The Morgan fingerprint density at radius 3 is 2.92 bits per heavy atom. The van der Waals surface area contributed by atoms with Crippen LogP contribution in [0.5, 0.6) is 11.8 Å². The second-order valence-corrected chi connectivity index (χ2v) is 5.69. The van der Waals surface area contributed by atoms with Crippen molar-refractivity contribution < 1.29 is 19.4 Å². The van der Waals surface area contributed by atoms with E-state index in [-0.39, 0.29) is 11.8 Å². The maximum atomic E-state index is 12.0. The van der Waals surface area contributed by atoms with Gasteiger partial charge in [0.25, 0.3) is 0 Å². The molecule has 0 bridgehead atoms. The van der Waals surface area contributed by atoms with Crippen molar-refractivity contribution in [2.45, 2.75) is 12.5 Å². The lowest BCUT2D eigenvalue weighted by Gasteiger charge is -2.30. The third-order valence-corrected chi connectivity index (χ3v) is 3.58. The third kappa shape index (κ3) is 4.01. The first kappa shape index (κ1) is 16.7. The number of rotatable bonds is 3. The molecule has 2 aromatic rings. The number of hydrogen-bond acceptors (Lipinski definition) is 8. The average molecular weight is 343 g/mol.